The molecular weight excluding hydrogens is 388 g/mol. The maximum absolute atomic E-state index is 12.1. The van der Waals surface area contributed by atoms with Crippen LogP contribution in [0.2, 0.25) is 0 Å². The lowest BCUT2D eigenvalue weighted by Gasteiger charge is -2.22. The molecule has 1 N–H and O–H groups in total. The Labute approximate surface area is 154 Å². The number of esters is 1. The van der Waals surface area contributed by atoms with E-state index < -0.39 is 11.9 Å². The van der Waals surface area contributed by atoms with E-state index in [0.29, 0.717) is 10.2 Å². The van der Waals surface area contributed by atoms with Crippen LogP contribution in [0.15, 0.2) is 46.9 Å². The van der Waals surface area contributed by atoms with Crippen molar-refractivity contribution in [3.8, 4) is 11.5 Å². The molecule has 0 bridgehead atoms. The fourth-order valence-electron chi connectivity index (χ4n) is 2.26. The minimum absolute atomic E-state index is 0.0200. The lowest BCUT2D eigenvalue weighted by atomic mass is 9.86. The topological polar surface area (TPSA) is 72.8 Å². The van der Waals surface area contributed by atoms with Crippen molar-refractivity contribution >= 4 is 27.9 Å². The highest BCUT2D eigenvalue weighted by molar-refractivity contribution is 9.10. The van der Waals surface area contributed by atoms with Crippen molar-refractivity contribution in [3.05, 3.63) is 58.1 Å². The Hall–Kier alpha value is -2.34. The molecule has 0 saturated heterocycles. The molecule has 2 aromatic carbocycles. The van der Waals surface area contributed by atoms with Gasteiger partial charge in [-0.2, -0.15) is 0 Å². The van der Waals surface area contributed by atoms with E-state index in [9.17, 15) is 14.7 Å². The maximum atomic E-state index is 12.1. The highest BCUT2D eigenvalue weighted by Crippen LogP contribution is 2.31. The summed E-state index contributed by atoms with van der Waals surface area (Å²) in [6.07, 6.45) is 0. The fraction of sp³-hybridized carbons (Fsp3) is 0.263. The van der Waals surface area contributed by atoms with E-state index in [1.54, 1.807) is 12.1 Å². The van der Waals surface area contributed by atoms with Gasteiger partial charge >= 0.3 is 11.9 Å². The minimum Gasteiger partial charge on any atom is -0.482 e. The molecule has 2 rings (SSSR count). The number of carboxylic acid groups (broad SMARTS) is 1. The first-order valence-corrected chi connectivity index (χ1v) is 8.43. The Bertz CT molecular complexity index is 793. The van der Waals surface area contributed by atoms with Gasteiger partial charge in [-0.1, -0.05) is 54.9 Å². The summed E-state index contributed by atoms with van der Waals surface area (Å²) in [4.78, 5) is 23.3. The summed E-state index contributed by atoms with van der Waals surface area (Å²) in [6.45, 7) is 5.83. The molecular formula is C19H19BrO5. The van der Waals surface area contributed by atoms with Crippen LogP contribution in [0.1, 0.15) is 36.7 Å². The number of benzene rings is 2. The summed E-state index contributed by atoms with van der Waals surface area (Å²) in [5, 5.41) is 9.19. The maximum Gasteiger partial charge on any atom is 0.349 e. The molecule has 0 heterocycles. The van der Waals surface area contributed by atoms with Crippen LogP contribution in [-0.2, 0) is 10.2 Å². The number of rotatable bonds is 5. The van der Waals surface area contributed by atoms with Crippen LogP contribution in [0.25, 0.3) is 0 Å². The monoisotopic (exact) mass is 406 g/mol. The van der Waals surface area contributed by atoms with Crippen molar-refractivity contribution in [2.24, 2.45) is 0 Å². The molecule has 0 atom stereocenters. The van der Waals surface area contributed by atoms with Gasteiger partial charge in [-0.05, 0) is 35.2 Å². The molecule has 0 aliphatic rings. The molecule has 0 aliphatic carbocycles. The second kappa shape index (κ2) is 7.70. The highest BCUT2D eigenvalue weighted by atomic mass is 79.9. The number of carbonyl (C=O) groups excluding carboxylic acids is 1. The first-order chi connectivity index (χ1) is 11.7. The summed E-state index contributed by atoms with van der Waals surface area (Å²) in [5.74, 6) is -1.27. The molecule has 0 spiro atoms. The van der Waals surface area contributed by atoms with Crippen LogP contribution in [0.4, 0.5) is 0 Å². The summed E-state index contributed by atoms with van der Waals surface area (Å²) < 4.78 is 11.3. The van der Waals surface area contributed by atoms with Crippen molar-refractivity contribution in [3.63, 3.8) is 0 Å². The quantitative estimate of drug-likeness (QED) is 0.587. The van der Waals surface area contributed by atoms with Crippen molar-refractivity contribution < 1.29 is 24.2 Å². The predicted molar refractivity (Wildman–Crippen MR) is 97.4 cm³/mol. The predicted octanol–water partition coefficient (Wildman–Crippen LogP) is 4.43. The summed E-state index contributed by atoms with van der Waals surface area (Å²) in [5.41, 5.74) is 0.735. The second-order valence-electron chi connectivity index (χ2n) is 6.45. The number of hydrogen-bond donors (Lipinski definition) is 1. The molecule has 0 amide bonds. The van der Waals surface area contributed by atoms with E-state index in [0.717, 1.165) is 5.56 Å². The van der Waals surface area contributed by atoms with E-state index in [4.69, 9.17) is 9.47 Å². The normalized spacial score (nSPS) is 11.0. The molecule has 0 fully saturated rings. The lowest BCUT2D eigenvalue weighted by Crippen LogP contribution is -2.21. The van der Waals surface area contributed by atoms with Crippen molar-refractivity contribution in [2.45, 2.75) is 26.2 Å². The van der Waals surface area contributed by atoms with Gasteiger partial charge in [-0.15, -0.1) is 0 Å². The number of carboxylic acids is 1. The minimum atomic E-state index is -1.18. The van der Waals surface area contributed by atoms with Gasteiger partial charge in [-0.25, -0.2) is 9.59 Å². The van der Waals surface area contributed by atoms with Crippen LogP contribution in [0.5, 0.6) is 11.5 Å². The van der Waals surface area contributed by atoms with Gasteiger partial charge in [0.1, 0.15) is 17.1 Å². The molecule has 0 aliphatic heterocycles. The zero-order valence-corrected chi connectivity index (χ0v) is 15.8. The highest BCUT2D eigenvalue weighted by Gasteiger charge is 2.20. The van der Waals surface area contributed by atoms with Gasteiger partial charge < -0.3 is 14.6 Å². The number of aromatic carboxylic acids is 1. The summed E-state index contributed by atoms with van der Waals surface area (Å²) in [6, 6.07) is 11.9. The largest absolute Gasteiger partial charge is 0.482 e. The first kappa shape index (κ1) is 19.0. The fourth-order valence-corrected chi connectivity index (χ4v) is 2.62. The van der Waals surface area contributed by atoms with Gasteiger partial charge in [0, 0.05) is 4.47 Å². The molecule has 0 radical (unpaired) electrons. The molecule has 0 saturated carbocycles. The number of carbonyl (C=O) groups is 2. The Morgan fingerprint density at radius 2 is 1.76 bits per heavy atom. The molecule has 132 valence electrons. The molecule has 2 aromatic rings. The molecule has 25 heavy (non-hydrogen) atoms. The molecule has 0 unspecified atom stereocenters. The van der Waals surface area contributed by atoms with Gasteiger partial charge in [0.25, 0.3) is 0 Å². The Morgan fingerprint density at radius 3 is 2.40 bits per heavy atom. The van der Waals surface area contributed by atoms with E-state index >= 15 is 0 Å². The third-order valence-corrected chi connectivity index (χ3v) is 3.93. The SMILES string of the molecule is CC(C)(C)c1ccccc1OCC(=O)Oc1ccc(Br)cc1C(=O)O. The van der Waals surface area contributed by atoms with Crippen molar-refractivity contribution in [1.82, 2.24) is 0 Å². The van der Waals surface area contributed by atoms with E-state index in [1.807, 2.05) is 18.2 Å². The number of ether oxygens (including phenoxy) is 2. The average molecular weight is 407 g/mol. The smallest absolute Gasteiger partial charge is 0.349 e. The van der Waals surface area contributed by atoms with E-state index in [-0.39, 0.29) is 23.3 Å². The molecule has 0 aromatic heterocycles. The summed E-state index contributed by atoms with van der Waals surface area (Å²) in [7, 11) is 0. The van der Waals surface area contributed by atoms with Gasteiger partial charge in [-0.3, -0.25) is 0 Å². The second-order valence-corrected chi connectivity index (χ2v) is 7.37. The zero-order valence-electron chi connectivity index (χ0n) is 14.2. The van der Waals surface area contributed by atoms with E-state index in [2.05, 4.69) is 36.7 Å². The first-order valence-electron chi connectivity index (χ1n) is 7.64. The number of halogens is 1. The van der Waals surface area contributed by atoms with Crippen LogP contribution in [0.3, 0.4) is 0 Å². The van der Waals surface area contributed by atoms with Gasteiger partial charge in [0.05, 0.1) is 0 Å². The zero-order chi connectivity index (χ0) is 18.6. The standard InChI is InChI=1S/C19H19BrO5/c1-19(2,3)14-6-4-5-7-16(14)24-11-17(21)25-15-9-8-12(20)10-13(15)18(22)23/h4-10H,11H2,1-3H3,(H,22,23). The van der Waals surface area contributed by atoms with Crippen LogP contribution >= 0.6 is 15.9 Å². The van der Waals surface area contributed by atoms with Crippen molar-refractivity contribution in [2.75, 3.05) is 6.61 Å². The number of hydrogen-bond acceptors (Lipinski definition) is 4. The van der Waals surface area contributed by atoms with Crippen LogP contribution in [-0.4, -0.2) is 23.7 Å². The van der Waals surface area contributed by atoms with Gasteiger partial charge in [0.2, 0.25) is 0 Å². The third-order valence-electron chi connectivity index (χ3n) is 3.44. The van der Waals surface area contributed by atoms with E-state index in [1.165, 1.54) is 12.1 Å². The van der Waals surface area contributed by atoms with Gasteiger partial charge in [0.15, 0.2) is 6.61 Å². The van der Waals surface area contributed by atoms with Crippen LogP contribution < -0.4 is 9.47 Å². The Morgan fingerprint density at radius 1 is 1.08 bits per heavy atom. The molecule has 5 nitrogen and oxygen atoms in total. The van der Waals surface area contributed by atoms with Crippen molar-refractivity contribution in [1.29, 1.82) is 0 Å². The Kier molecular flexibility index (Phi) is 5.85. The van der Waals surface area contributed by atoms with Crippen LogP contribution in [0, 0.1) is 0 Å². The Balaban J connectivity index is 2.09. The third kappa shape index (κ3) is 5.06. The lowest BCUT2D eigenvalue weighted by molar-refractivity contribution is -0.136. The molecule has 6 heteroatoms. The summed E-state index contributed by atoms with van der Waals surface area (Å²) >= 11 is 3.19. The number of para-hydroxylation sites is 1. The average Bonchev–Trinajstić information content (AvgIpc) is 2.54.